The summed E-state index contributed by atoms with van der Waals surface area (Å²) in [6, 6.07) is 2.65. The summed E-state index contributed by atoms with van der Waals surface area (Å²) >= 11 is 3.60. The minimum absolute atomic E-state index is 0.450. The van der Waals surface area contributed by atoms with E-state index >= 15 is 0 Å². The van der Waals surface area contributed by atoms with Crippen LogP contribution in [0.4, 0.5) is 0 Å². The molecule has 1 aromatic rings. The summed E-state index contributed by atoms with van der Waals surface area (Å²) in [7, 11) is 1.76. The van der Waals surface area contributed by atoms with Crippen LogP contribution >= 0.6 is 15.9 Å². The van der Waals surface area contributed by atoms with Gasteiger partial charge in [-0.3, -0.25) is 0 Å². The van der Waals surface area contributed by atoms with E-state index in [4.69, 9.17) is 4.74 Å². The third-order valence-corrected chi connectivity index (χ3v) is 4.40. The largest absolute Gasteiger partial charge is 0.496 e. The van der Waals surface area contributed by atoms with Crippen LogP contribution in [0.25, 0.3) is 0 Å². The molecule has 2 nitrogen and oxygen atoms in total. The summed E-state index contributed by atoms with van der Waals surface area (Å²) in [5.41, 5.74) is 3.84. The Morgan fingerprint density at radius 3 is 2.71 bits per heavy atom. The first-order valence-corrected chi connectivity index (χ1v) is 7.01. The highest BCUT2D eigenvalue weighted by Gasteiger charge is 2.22. The predicted octanol–water partition coefficient (Wildman–Crippen LogP) is 3.89. The van der Waals surface area contributed by atoms with Crippen molar-refractivity contribution in [3.8, 4) is 5.75 Å². The molecule has 1 aliphatic rings. The van der Waals surface area contributed by atoms with Gasteiger partial charge in [0.05, 0.1) is 7.11 Å². The fraction of sp³-hybridized carbons (Fsp3) is 0.571. The average Bonchev–Trinajstić information content (AvgIpc) is 2.34. The van der Waals surface area contributed by atoms with Crippen LogP contribution in [-0.4, -0.2) is 13.7 Å². The second-order valence-electron chi connectivity index (χ2n) is 4.75. The van der Waals surface area contributed by atoms with Crippen molar-refractivity contribution in [3.05, 3.63) is 27.2 Å². The molecular formula is C14H20BrNO. The lowest BCUT2D eigenvalue weighted by Gasteiger charge is -2.28. The number of hydrogen-bond acceptors (Lipinski definition) is 2. The Hall–Kier alpha value is -0.540. The van der Waals surface area contributed by atoms with Gasteiger partial charge >= 0.3 is 0 Å². The maximum Gasteiger partial charge on any atom is 0.127 e. The highest BCUT2D eigenvalue weighted by Crippen LogP contribution is 2.38. The molecule has 1 heterocycles. The van der Waals surface area contributed by atoms with Crippen LogP contribution < -0.4 is 10.1 Å². The minimum atomic E-state index is 0.450. The highest BCUT2D eigenvalue weighted by molar-refractivity contribution is 9.10. The molecule has 0 saturated carbocycles. The third kappa shape index (κ3) is 2.50. The van der Waals surface area contributed by atoms with E-state index in [1.54, 1.807) is 7.11 Å². The first-order valence-electron chi connectivity index (χ1n) is 6.22. The molecule has 94 valence electrons. The smallest absolute Gasteiger partial charge is 0.127 e. The summed E-state index contributed by atoms with van der Waals surface area (Å²) in [4.78, 5) is 0. The first kappa shape index (κ1) is 12.9. The number of aryl methyl sites for hydroxylation is 1. The van der Waals surface area contributed by atoms with Crippen LogP contribution in [0.15, 0.2) is 10.5 Å². The molecule has 1 aromatic carbocycles. The third-order valence-electron chi connectivity index (χ3n) is 3.57. The minimum Gasteiger partial charge on any atom is -0.496 e. The second-order valence-corrected chi connectivity index (χ2v) is 5.60. The molecule has 0 bridgehead atoms. The predicted molar refractivity (Wildman–Crippen MR) is 74.8 cm³/mol. The number of methoxy groups -OCH3 is 1. The van der Waals surface area contributed by atoms with E-state index in [1.165, 1.54) is 36.0 Å². The SMILES string of the molecule is COc1c(C)c(Br)cc(C)c1C1CCCCN1. The van der Waals surface area contributed by atoms with E-state index in [9.17, 15) is 0 Å². The van der Waals surface area contributed by atoms with Gasteiger partial charge in [-0.15, -0.1) is 0 Å². The fourth-order valence-electron chi connectivity index (χ4n) is 2.66. The van der Waals surface area contributed by atoms with Gasteiger partial charge in [-0.2, -0.15) is 0 Å². The lowest BCUT2D eigenvalue weighted by molar-refractivity contribution is 0.370. The van der Waals surface area contributed by atoms with Crippen molar-refractivity contribution >= 4 is 15.9 Å². The number of benzene rings is 1. The van der Waals surface area contributed by atoms with Gasteiger partial charge in [-0.25, -0.2) is 0 Å². The zero-order valence-corrected chi connectivity index (χ0v) is 12.4. The Balaban J connectivity index is 2.47. The molecule has 17 heavy (non-hydrogen) atoms. The molecular weight excluding hydrogens is 278 g/mol. The van der Waals surface area contributed by atoms with Gasteiger partial charge in [0, 0.05) is 21.6 Å². The first-order chi connectivity index (χ1) is 8.15. The van der Waals surface area contributed by atoms with Crippen LogP contribution in [-0.2, 0) is 0 Å². The van der Waals surface area contributed by atoms with Gasteiger partial charge < -0.3 is 10.1 Å². The second kappa shape index (κ2) is 5.40. The van der Waals surface area contributed by atoms with E-state index in [-0.39, 0.29) is 0 Å². The quantitative estimate of drug-likeness (QED) is 0.894. The fourth-order valence-corrected chi connectivity index (χ4v) is 3.18. The summed E-state index contributed by atoms with van der Waals surface area (Å²) in [6.45, 7) is 5.38. The van der Waals surface area contributed by atoms with Gasteiger partial charge in [0.25, 0.3) is 0 Å². The van der Waals surface area contributed by atoms with Gasteiger partial charge in [-0.1, -0.05) is 22.4 Å². The Labute approximate surface area is 112 Å². The van der Waals surface area contributed by atoms with Crippen LogP contribution in [0.1, 0.15) is 42.0 Å². The van der Waals surface area contributed by atoms with Crippen LogP contribution in [0.3, 0.4) is 0 Å². The van der Waals surface area contributed by atoms with E-state index in [1.807, 2.05) is 0 Å². The molecule has 0 aromatic heterocycles. The zero-order chi connectivity index (χ0) is 12.4. The standard InChI is InChI=1S/C14H20BrNO/c1-9-8-11(15)10(2)14(17-3)13(9)12-6-4-5-7-16-12/h8,12,16H,4-7H2,1-3H3. The zero-order valence-electron chi connectivity index (χ0n) is 10.8. The number of ether oxygens (including phenoxy) is 1. The van der Waals surface area contributed by atoms with Crippen LogP contribution in [0.5, 0.6) is 5.75 Å². The summed E-state index contributed by atoms with van der Waals surface area (Å²) in [5.74, 6) is 1.04. The van der Waals surface area contributed by atoms with Crippen molar-refractivity contribution in [2.75, 3.05) is 13.7 Å². The monoisotopic (exact) mass is 297 g/mol. The molecule has 1 aliphatic heterocycles. The molecule has 1 N–H and O–H groups in total. The summed E-state index contributed by atoms with van der Waals surface area (Å²) in [5, 5.41) is 3.60. The molecule has 1 fully saturated rings. The normalized spacial score (nSPS) is 20.4. The van der Waals surface area contributed by atoms with Crippen molar-refractivity contribution < 1.29 is 4.74 Å². The van der Waals surface area contributed by atoms with Gasteiger partial charge in [-0.05, 0) is 44.9 Å². The summed E-state index contributed by atoms with van der Waals surface area (Å²) in [6.07, 6.45) is 3.79. The molecule has 0 aliphatic carbocycles. The van der Waals surface area contributed by atoms with Crippen LogP contribution in [0.2, 0.25) is 0 Å². The molecule has 1 saturated heterocycles. The molecule has 1 unspecified atom stereocenters. The van der Waals surface area contributed by atoms with Gasteiger partial charge in [0.15, 0.2) is 0 Å². The summed E-state index contributed by atoms with van der Waals surface area (Å²) < 4.78 is 6.75. The number of nitrogens with one attached hydrogen (secondary N) is 1. The Bertz CT molecular complexity index is 411. The van der Waals surface area contributed by atoms with Gasteiger partial charge in [0.2, 0.25) is 0 Å². The topological polar surface area (TPSA) is 21.3 Å². The van der Waals surface area contributed by atoms with Crippen molar-refractivity contribution in [3.63, 3.8) is 0 Å². The number of halogens is 1. The molecule has 0 radical (unpaired) electrons. The lowest BCUT2D eigenvalue weighted by atomic mass is 9.92. The Morgan fingerprint density at radius 2 is 2.12 bits per heavy atom. The van der Waals surface area contributed by atoms with E-state index in [0.717, 1.165) is 16.8 Å². The molecule has 1 atom stereocenters. The van der Waals surface area contributed by atoms with E-state index in [2.05, 4.69) is 41.2 Å². The average molecular weight is 298 g/mol. The van der Waals surface area contributed by atoms with Crippen molar-refractivity contribution in [2.24, 2.45) is 0 Å². The molecule has 0 spiro atoms. The molecule has 3 heteroatoms. The Kier molecular flexibility index (Phi) is 4.10. The van der Waals surface area contributed by atoms with E-state index < -0.39 is 0 Å². The van der Waals surface area contributed by atoms with Crippen molar-refractivity contribution in [1.29, 1.82) is 0 Å². The van der Waals surface area contributed by atoms with Crippen LogP contribution in [0, 0.1) is 13.8 Å². The molecule has 2 rings (SSSR count). The maximum absolute atomic E-state index is 5.62. The maximum atomic E-state index is 5.62. The van der Waals surface area contributed by atoms with Gasteiger partial charge in [0.1, 0.15) is 5.75 Å². The highest BCUT2D eigenvalue weighted by atomic mass is 79.9. The van der Waals surface area contributed by atoms with Crippen molar-refractivity contribution in [2.45, 2.75) is 39.2 Å². The number of piperidine rings is 1. The molecule has 0 amide bonds. The van der Waals surface area contributed by atoms with Crippen molar-refractivity contribution in [1.82, 2.24) is 5.32 Å². The van der Waals surface area contributed by atoms with E-state index in [0.29, 0.717) is 6.04 Å². The number of rotatable bonds is 2. The Morgan fingerprint density at radius 1 is 1.35 bits per heavy atom. The lowest BCUT2D eigenvalue weighted by Crippen LogP contribution is -2.28. The number of hydrogen-bond donors (Lipinski definition) is 1.